The fraction of sp³-hybridized carbons (Fsp3) is 0.235. The zero-order valence-corrected chi connectivity index (χ0v) is 13.6. The van der Waals surface area contributed by atoms with Gasteiger partial charge in [0.05, 0.1) is 5.69 Å². The van der Waals surface area contributed by atoms with Crippen LogP contribution in [0.15, 0.2) is 36.4 Å². The molecule has 2 aromatic carbocycles. The molecule has 0 aliphatic carbocycles. The maximum Gasteiger partial charge on any atom is 0.323 e. The number of rotatable bonds is 5. The molecule has 0 heterocycles. The molecule has 0 bridgehead atoms. The number of urea groups is 1. The second kappa shape index (κ2) is 7.45. The number of phenolic OH excluding ortho intramolecular Hbond substituents is 3. The predicted molar refractivity (Wildman–Crippen MR) is 94.1 cm³/mol. The van der Waals surface area contributed by atoms with E-state index in [1.54, 1.807) is 12.1 Å². The monoisotopic (exact) mass is 331 g/mol. The summed E-state index contributed by atoms with van der Waals surface area (Å²) in [7, 11) is 0. The Kier molecular flexibility index (Phi) is 5.36. The van der Waals surface area contributed by atoms with Crippen LogP contribution >= 0.6 is 0 Å². The van der Waals surface area contributed by atoms with Crippen LogP contribution < -0.4 is 15.5 Å². The van der Waals surface area contributed by atoms with Crippen LogP contribution in [0, 0.1) is 0 Å². The van der Waals surface area contributed by atoms with Crippen LogP contribution in [0.3, 0.4) is 0 Å². The lowest BCUT2D eigenvalue weighted by atomic mass is 10.2. The van der Waals surface area contributed by atoms with Gasteiger partial charge in [-0.15, -0.1) is 0 Å². The maximum atomic E-state index is 12.0. The fourth-order valence-electron chi connectivity index (χ4n) is 2.31. The number of amides is 2. The van der Waals surface area contributed by atoms with E-state index in [1.807, 2.05) is 12.1 Å². The predicted octanol–water partition coefficient (Wildman–Crippen LogP) is 3.29. The van der Waals surface area contributed by atoms with Gasteiger partial charge in [0.2, 0.25) is 0 Å². The minimum absolute atomic E-state index is 0.153. The molecule has 0 fully saturated rings. The molecule has 0 spiro atoms. The Morgan fingerprint density at radius 1 is 0.917 bits per heavy atom. The topological polar surface area (TPSA) is 105 Å². The molecule has 24 heavy (non-hydrogen) atoms. The first-order chi connectivity index (χ1) is 11.4. The number of hydrogen-bond acceptors (Lipinski definition) is 5. The van der Waals surface area contributed by atoms with Crippen molar-refractivity contribution in [1.29, 1.82) is 0 Å². The van der Waals surface area contributed by atoms with Gasteiger partial charge in [-0.3, -0.25) is 0 Å². The lowest BCUT2D eigenvalue weighted by molar-refractivity contribution is 0.262. The van der Waals surface area contributed by atoms with E-state index in [0.29, 0.717) is 5.69 Å². The van der Waals surface area contributed by atoms with Crippen molar-refractivity contribution in [2.75, 3.05) is 28.6 Å². The van der Waals surface area contributed by atoms with Crippen molar-refractivity contribution in [3.05, 3.63) is 36.4 Å². The fourth-order valence-corrected chi connectivity index (χ4v) is 2.31. The van der Waals surface area contributed by atoms with E-state index in [4.69, 9.17) is 0 Å². The molecule has 7 nitrogen and oxygen atoms in total. The summed E-state index contributed by atoms with van der Waals surface area (Å²) in [5.74, 6) is -1.67. The van der Waals surface area contributed by atoms with Crippen LogP contribution in [-0.2, 0) is 0 Å². The number of benzene rings is 2. The van der Waals surface area contributed by atoms with Gasteiger partial charge in [0.25, 0.3) is 0 Å². The van der Waals surface area contributed by atoms with Crippen LogP contribution in [-0.4, -0.2) is 34.4 Å². The Labute approximate surface area is 140 Å². The molecule has 0 radical (unpaired) electrons. The molecule has 5 N–H and O–H groups in total. The van der Waals surface area contributed by atoms with E-state index < -0.39 is 23.3 Å². The molecule has 128 valence electrons. The highest BCUT2D eigenvalue weighted by atomic mass is 16.3. The summed E-state index contributed by atoms with van der Waals surface area (Å²) in [5.41, 5.74) is 1.83. The largest absolute Gasteiger partial charge is 0.504 e. The number of aromatic hydroxyl groups is 3. The first-order valence-corrected chi connectivity index (χ1v) is 7.62. The van der Waals surface area contributed by atoms with E-state index in [2.05, 4.69) is 29.4 Å². The quantitative estimate of drug-likeness (QED) is 0.427. The molecular weight excluding hydrogens is 310 g/mol. The highest BCUT2D eigenvalue weighted by molar-refractivity contribution is 6.00. The van der Waals surface area contributed by atoms with Crippen LogP contribution in [0.25, 0.3) is 0 Å². The van der Waals surface area contributed by atoms with E-state index >= 15 is 0 Å². The Balaban J connectivity index is 2.02. The average molecular weight is 331 g/mol. The van der Waals surface area contributed by atoms with Crippen molar-refractivity contribution in [1.82, 2.24) is 0 Å². The van der Waals surface area contributed by atoms with E-state index in [1.165, 1.54) is 0 Å². The van der Waals surface area contributed by atoms with Gasteiger partial charge in [-0.2, -0.15) is 0 Å². The first kappa shape index (κ1) is 17.3. The summed E-state index contributed by atoms with van der Waals surface area (Å²) >= 11 is 0. The van der Waals surface area contributed by atoms with Crippen molar-refractivity contribution in [3.63, 3.8) is 0 Å². The maximum absolute atomic E-state index is 12.0. The van der Waals surface area contributed by atoms with Crippen molar-refractivity contribution < 1.29 is 20.1 Å². The molecule has 0 atom stereocenters. The molecule has 0 aliphatic heterocycles. The number of hydrogen-bond donors (Lipinski definition) is 5. The van der Waals surface area contributed by atoms with Crippen LogP contribution in [0.5, 0.6) is 17.2 Å². The number of carbonyl (C=O) groups is 1. The highest BCUT2D eigenvalue weighted by Gasteiger charge is 2.10. The molecule has 2 amide bonds. The van der Waals surface area contributed by atoms with Crippen molar-refractivity contribution in [2.45, 2.75) is 13.8 Å². The van der Waals surface area contributed by atoms with E-state index in [0.717, 1.165) is 30.9 Å². The SMILES string of the molecule is CCN(CC)c1ccc(NC(=O)Nc2cc(O)c(O)c(O)c2)cc1. The van der Waals surface area contributed by atoms with Crippen molar-refractivity contribution in [3.8, 4) is 17.2 Å². The Bertz CT molecular complexity index is 689. The Hall–Kier alpha value is -3.09. The summed E-state index contributed by atoms with van der Waals surface area (Å²) < 4.78 is 0. The molecule has 0 aliphatic rings. The Morgan fingerprint density at radius 2 is 1.42 bits per heavy atom. The van der Waals surface area contributed by atoms with E-state index in [9.17, 15) is 20.1 Å². The summed E-state index contributed by atoms with van der Waals surface area (Å²) in [6, 6.07) is 9.16. The lowest BCUT2D eigenvalue weighted by Gasteiger charge is -2.21. The van der Waals surface area contributed by atoms with Gasteiger partial charge in [0.15, 0.2) is 17.2 Å². The first-order valence-electron chi connectivity index (χ1n) is 7.62. The molecule has 7 heteroatoms. The normalized spacial score (nSPS) is 10.2. The van der Waals surface area contributed by atoms with Gasteiger partial charge < -0.3 is 30.9 Å². The highest BCUT2D eigenvalue weighted by Crippen LogP contribution is 2.37. The number of phenols is 3. The molecule has 0 saturated carbocycles. The molecule has 0 aromatic heterocycles. The van der Waals surface area contributed by atoms with Crippen LogP contribution in [0.1, 0.15) is 13.8 Å². The number of nitrogens with one attached hydrogen (secondary N) is 2. The zero-order valence-electron chi connectivity index (χ0n) is 13.6. The number of carbonyl (C=O) groups excluding carboxylic acids is 1. The lowest BCUT2D eigenvalue weighted by Crippen LogP contribution is -2.22. The average Bonchev–Trinajstić information content (AvgIpc) is 2.55. The van der Waals surface area contributed by atoms with Crippen LogP contribution in [0.4, 0.5) is 21.9 Å². The summed E-state index contributed by atoms with van der Waals surface area (Å²) in [6.07, 6.45) is 0. The van der Waals surface area contributed by atoms with Gasteiger partial charge >= 0.3 is 6.03 Å². The summed E-state index contributed by atoms with van der Waals surface area (Å²) in [4.78, 5) is 14.1. The minimum atomic E-state index is -0.632. The molecule has 2 aromatic rings. The third-order valence-electron chi connectivity index (χ3n) is 3.58. The second-order valence-corrected chi connectivity index (χ2v) is 5.16. The molecular formula is C17H21N3O4. The van der Waals surface area contributed by atoms with Gasteiger partial charge in [0, 0.05) is 36.6 Å². The minimum Gasteiger partial charge on any atom is -0.504 e. The Morgan fingerprint density at radius 3 is 1.92 bits per heavy atom. The van der Waals surface area contributed by atoms with Crippen LogP contribution in [0.2, 0.25) is 0 Å². The zero-order chi connectivity index (χ0) is 17.7. The molecule has 2 rings (SSSR count). The van der Waals surface area contributed by atoms with Gasteiger partial charge in [-0.25, -0.2) is 4.79 Å². The molecule has 0 unspecified atom stereocenters. The van der Waals surface area contributed by atoms with Crippen molar-refractivity contribution >= 4 is 23.1 Å². The second-order valence-electron chi connectivity index (χ2n) is 5.16. The smallest absolute Gasteiger partial charge is 0.323 e. The van der Waals surface area contributed by atoms with Gasteiger partial charge in [0.1, 0.15) is 0 Å². The van der Waals surface area contributed by atoms with Gasteiger partial charge in [-0.05, 0) is 38.1 Å². The van der Waals surface area contributed by atoms with Gasteiger partial charge in [-0.1, -0.05) is 0 Å². The number of anilines is 3. The van der Waals surface area contributed by atoms with Crippen molar-refractivity contribution in [2.24, 2.45) is 0 Å². The third-order valence-corrected chi connectivity index (χ3v) is 3.58. The number of nitrogens with zero attached hydrogens (tertiary/aromatic N) is 1. The molecule has 0 saturated heterocycles. The summed E-state index contributed by atoms with van der Waals surface area (Å²) in [6.45, 7) is 5.95. The standard InChI is InChI=1S/C17H21N3O4/c1-3-20(4-2)13-7-5-11(6-8-13)18-17(24)19-12-9-14(21)16(23)15(22)10-12/h5-10,21-23H,3-4H2,1-2H3,(H2,18,19,24). The third kappa shape index (κ3) is 4.01. The summed E-state index contributed by atoms with van der Waals surface area (Å²) in [5, 5.41) is 33.3. The van der Waals surface area contributed by atoms with E-state index in [-0.39, 0.29) is 5.69 Å².